The topological polar surface area (TPSA) is 48.0 Å². The summed E-state index contributed by atoms with van der Waals surface area (Å²) in [6, 6.07) is 6.89. The lowest BCUT2D eigenvalue weighted by Gasteiger charge is -2.44. The van der Waals surface area contributed by atoms with Crippen molar-refractivity contribution in [3.05, 3.63) is 58.7 Å². The van der Waals surface area contributed by atoms with Gasteiger partial charge in [-0.3, -0.25) is 9.69 Å². The van der Waals surface area contributed by atoms with Crippen molar-refractivity contribution in [3.8, 4) is 11.5 Å². The van der Waals surface area contributed by atoms with Gasteiger partial charge in [0.2, 0.25) is 0 Å². The van der Waals surface area contributed by atoms with E-state index in [1.54, 1.807) is 24.0 Å². The maximum atomic E-state index is 13.4. The molecule has 0 N–H and O–H groups in total. The van der Waals surface area contributed by atoms with Crippen LogP contribution >= 0.6 is 0 Å². The summed E-state index contributed by atoms with van der Waals surface area (Å²) < 4.78 is 95.9. The monoisotopic (exact) mass is 517 g/mol. The molecule has 0 radical (unpaired) electrons. The number of esters is 1. The molecule has 4 rings (SSSR count). The molecule has 11 heteroatoms. The van der Waals surface area contributed by atoms with Crippen LogP contribution in [-0.4, -0.2) is 43.8 Å². The summed E-state index contributed by atoms with van der Waals surface area (Å²) in [5, 5.41) is 0. The number of carbonyl (C=O) groups excluding carboxylic acids is 1. The van der Waals surface area contributed by atoms with Crippen molar-refractivity contribution in [1.82, 2.24) is 4.90 Å². The van der Waals surface area contributed by atoms with E-state index in [0.717, 1.165) is 5.56 Å². The Labute approximate surface area is 203 Å². The number of halogens is 6. The van der Waals surface area contributed by atoms with Gasteiger partial charge >= 0.3 is 18.3 Å². The van der Waals surface area contributed by atoms with E-state index in [1.165, 1.54) is 7.11 Å². The maximum Gasteiger partial charge on any atom is 0.416 e. The van der Waals surface area contributed by atoms with Crippen LogP contribution in [0.3, 0.4) is 0 Å². The Morgan fingerprint density at radius 3 is 2.42 bits per heavy atom. The smallest absolute Gasteiger partial charge is 0.416 e. The summed E-state index contributed by atoms with van der Waals surface area (Å²) in [7, 11) is 1.33. The van der Waals surface area contributed by atoms with Gasteiger partial charge in [0.15, 0.2) is 11.5 Å². The average Bonchev–Trinajstić information content (AvgIpc) is 2.78. The third-order valence-corrected chi connectivity index (χ3v) is 6.48. The lowest BCUT2D eigenvalue weighted by Crippen LogP contribution is -2.55. The van der Waals surface area contributed by atoms with Crippen LogP contribution in [0.25, 0.3) is 0 Å². The second-order valence-corrected chi connectivity index (χ2v) is 9.20. The molecular formula is C25H25F6NO4. The Bertz CT molecular complexity index is 1110. The number of methoxy groups -OCH3 is 1. The minimum Gasteiger partial charge on any atom is -0.486 e. The summed E-state index contributed by atoms with van der Waals surface area (Å²) >= 11 is 0. The van der Waals surface area contributed by atoms with Crippen LogP contribution in [0.2, 0.25) is 0 Å². The van der Waals surface area contributed by atoms with Crippen LogP contribution in [0.15, 0.2) is 36.4 Å². The number of benzene rings is 2. The first-order chi connectivity index (χ1) is 16.8. The zero-order chi connectivity index (χ0) is 26.3. The van der Waals surface area contributed by atoms with Crippen molar-refractivity contribution >= 4 is 5.97 Å². The molecule has 2 heterocycles. The van der Waals surface area contributed by atoms with Gasteiger partial charge < -0.3 is 14.2 Å². The van der Waals surface area contributed by atoms with E-state index in [9.17, 15) is 31.1 Å². The summed E-state index contributed by atoms with van der Waals surface area (Å²) in [6.07, 6.45) is -9.39. The van der Waals surface area contributed by atoms with Gasteiger partial charge in [0.05, 0.1) is 24.2 Å². The van der Waals surface area contributed by atoms with Crippen molar-refractivity contribution in [2.75, 3.05) is 26.8 Å². The third-order valence-electron chi connectivity index (χ3n) is 6.48. The van der Waals surface area contributed by atoms with Gasteiger partial charge in [0.25, 0.3) is 0 Å². The van der Waals surface area contributed by atoms with Crippen LogP contribution in [0.1, 0.15) is 29.2 Å². The van der Waals surface area contributed by atoms with Crippen molar-refractivity contribution in [2.45, 2.75) is 38.3 Å². The first-order valence-corrected chi connectivity index (χ1v) is 11.3. The van der Waals surface area contributed by atoms with Gasteiger partial charge in [0.1, 0.15) is 12.7 Å². The van der Waals surface area contributed by atoms with E-state index < -0.39 is 29.0 Å². The van der Waals surface area contributed by atoms with Crippen molar-refractivity contribution in [3.63, 3.8) is 0 Å². The summed E-state index contributed by atoms with van der Waals surface area (Å²) in [5.41, 5.74) is -1.74. The third kappa shape index (κ3) is 5.71. The molecule has 1 unspecified atom stereocenters. The number of rotatable bonds is 6. The summed E-state index contributed by atoms with van der Waals surface area (Å²) in [5.74, 6) is 0.334. The average molecular weight is 517 g/mol. The number of ether oxygens (including phenoxy) is 3. The Morgan fingerprint density at radius 2 is 1.78 bits per heavy atom. The number of likely N-dealkylation sites (tertiary alicyclic amines) is 1. The normalized spacial score (nSPS) is 19.5. The molecule has 2 aromatic rings. The minimum atomic E-state index is -4.75. The molecule has 36 heavy (non-hydrogen) atoms. The van der Waals surface area contributed by atoms with Gasteiger partial charge in [-0.05, 0) is 47.9 Å². The Balaban J connectivity index is 1.39. The number of alkyl halides is 6. The maximum absolute atomic E-state index is 13.4. The lowest BCUT2D eigenvalue weighted by molar-refractivity contribution is -0.144. The molecular weight excluding hydrogens is 492 g/mol. The fraction of sp³-hybridized carbons (Fsp3) is 0.480. The number of fused-ring (bicyclic) bond motifs is 1. The van der Waals surface area contributed by atoms with Crippen LogP contribution in [-0.2, 0) is 34.8 Å². The summed E-state index contributed by atoms with van der Waals surface area (Å²) in [6.45, 7) is 2.46. The molecule has 5 nitrogen and oxygen atoms in total. The fourth-order valence-electron chi connectivity index (χ4n) is 4.52. The van der Waals surface area contributed by atoms with E-state index in [-0.39, 0.29) is 37.1 Å². The molecule has 196 valence electrons. The van der Waals surface area contributed by atoms with Crippen molar-refractivity contribution < 1.29 is 45.3 Å². The van der Waals surface area contributed by atoms with Gasteiger partial charge in [-0.2, -0.15) is 26.3 Å². The molecule has 0 bridgehead atoms. The largest absolute Gasteiger partial charge is 0.486 e. The van der Waals surface area contributed by atoms with E-state index in [1.807, 2.05) is 6.07 Å². The second kappa shape index (κ2) is 9.84. The lowest BCUT2D eigenvalue weighted by atomic mass is 9.91. The fourth-order valence-corrected chi connectivity index (χ4v) is 4.52. The molecule has 1 saturated heterocycles. The molecule has 2 atom stereocenters. The molecule has 0 saturated carbocycles. The first kappa shape index (κ1) is 26.1. The van der Waals surface area contributed by atoms with Gasteiger partial charge in [0, 0.05) is 25.6 Å². The molecule has 0 aromatic heterocycles. The molecule has 2 aliphatic heterocycles. The predicted octanol–water partition coefficient (Wildman–Crippen LogP) is 5.35. The molecule has 0 amide bonds. The molecule has 2 aliphatic rings. The van der Waals surface area contributed by atoms with Crippen molar-refractivity contribution in [1.29, 1.82) is 0 Å². The number of nitrogens with zero attached hydrogens (tertiary/aromatic N) is 1. The van der Waals surface area contributed by atoms with Gasteiger partial charge in [-0.1, -0.05) is 13.0 Å². The molecule has 1 fully saturated rings. The van der Waals surface area contributed by atoms with Gasteiger partial charge in [-0.15, -0.1) is 0 Å². The minimum absolute atomic E-state index is 0.0593. The highest BCUT2D eigenvalue weighted by molar-refractivity contribution is 5.72. The number of carbonyl (C=O) groups is 1. The highest BCUT2D eigenvalue weighted by Crippen LogP contribution is 2.39. The van der Waals surface area contributed by atoms with Crippen LogP contribution in [0, 0.1) is 11.8 Å². The van der Waals surface area contributed by atoms with E-state index >= 15 is 0 Å². The summed E-state index contributed by atoms with van der Waals surface area (Å²) in [4.78, 5) is 13.4. The van der Waals surface area contributed by atoms with Crippen LogP contribution in [0.5, 0.6) is 11.5 Å². The molecule has 2 aromatic carbocycles. The van der Waals surface area contributed by atoms with E-state index in [0.29, 0.717) is 49.2 Å². The Morgan fingerprint density at radius 1 is 1.06 bits per heavy atom. The van der Waals surface area contributed by atoms with Gasteiger partial charge in [-0.25, -0.2) is 0 Å². The van der Waals surface area contributed by atoms with Crippen LogP contribution < -0.4 is 9.47 Å². The van der Waals surface area contributed by atoms with Crippen molar-refractivity contribution in [2.24, 2.45) is 11.8 Å². The number of hydrogen-bond acceptors (Lipinski definition) is 5. The standard InChI is InChI=1S/C25H25F6NO4/c1-14(23(33)34-2)7-15-3-6-20-21(8-15)36-22(13-35-20)17-11-32(12-17)10-16-9-18(24(26,27)28)4-5-19(16)25(29,30)31/h3-6,8-9,14,17,22H,7,10-13H2,1-2H3/t14?,22-/m0/s1. The molecule has 0 aliphatic carbocycles. The van der Waals surface area contributed by atoms with E-state index in [4.69, 9.17) is 14.2 Å². The predicted molar refractivity (Wildman–Crippen MR) is 116 cm³/mol. The second-order valence-electron chi connectivity index (χ2n) is 9.20. The first-order valence-electron chi connectivity index (χ1n) is 11.3. The zero-order valence-electron chi connectivity index (χ0n) is 19.6. The highest BCUT2D eigenvalue weighted by atomic mass is 19.4. The van der Waals surface area contributed by atoms with Crippen LogP contribution in [0.4, 0.5) is 26.3 Å². The quantitative estimate of drug-likeness (QED) is 0.382. The molecule has 0 spiro atoms. The zero-order valence-corrected chi connectivity index (χ0v) is 19.6. The Kier molecular flexibility index (Phi) is 7.14. The Hall–Kier alpha value is -2.95. The SMILES string of the molecule is COC(=O)C(C)Cc1ccc2c(c1)O[C@H](C1CN(Cc3cc(C(F)(F)F)ccc3C(F)(F)F)C1)CO2. The number of hydrogen-bond donors (Lipinski definition) is 0. The van der Waals surface area contributed by atoms with E-state index in [2.05, 4.69) is 0 Å². The highest BCUT2D eigenvalue weighted by Gasteiger charge is 2.41.